The Kier molecular flexibility index (Phi) is 3.88. The van der Waals surface area contributed by atoms with Crippen LogP contribution in [0, 0.1) is 12.3 Å². The summed E-state index contributed by atoms with van der Waals surface area (Å²) < 4.78 is 22.0. The molecule has 1 unspecified atom stereocenters. The van der Waals surface area contributed by atoms with E-state index < -0.39 is 15.9 Å². The Labute approximate surface area is 88.8 Å². The second-order valence-electron chi connectivity index (χ2n) is 3.14. The van der Waals surface area contributed by atoms with Crippen LogP contribution in [-0.4, -0.2) is 39.2 Å². The number of amides is 1. The number of sulfone groups is 1. The molecule has 0 saturated heterocycles. The molecule has 0 spiro atoms. The topological polar surface area (TPSA) is 75.3 Å². The minimum atomic E-state index is -3.11. The molecule has 0 radical (unpaired) electrons. The lowest BCUT2D eigenvalue weighted by atomic mass is 10.3. The standard InChI is InChI=1S/C9H12N2O3S/c1-2-4-10-6-9(12)11-8-3-5-15(13,14)7-8/h1,3,5,8,10H,4,6-7H2,(H,11,12). The second-order valence-corrected chi connectivity index (χ2v) is 5.07. The second kappa shape index (κ2) is 4.96. The van der Waals surface area contributed by atoms with E-state index in [1.165, 1.54) is 6.08 Å². The van der Waals surface area contributed by atoms with Gasteiger partial charge < -0.3 is 5.32 Å². The van der Waals surface area contributed by atoms with Crippen molar-refractivity contribution in [3.8, 4) is 12.3 Å². The zero-order valence-electron chi connectivity index (χ0n) is 8.06. The quantitative estimate of drug-likeness (QED) is 0.460. The summed E-state index contributed by atoms with van der Waals surface area (Å²) >= 11 is 0. The van der Waals surface area contributed by atoms with Crippen LogP contribution in [0.1, 0.15) is 0 Å². The summed E-state index contributed by atoms with van der Waals surface area (Å²) in [5, 5.41) is 6.38. The van der Waals surface area contributed by atoms with Crippen LogP contribution in [0.2, 0.25) is 0 Å². The van der Waals surface area contributed by atoms with Gasteiger partial charge in [0.15, 0.2) is 9.84 Å². The third-order valence-electron chi connectivity index (χ3n) is 1.79. The molecule has 82 valence electrons. The number of rotatable bonds is 4. The van der Waals surface area contributed by atoms with Crippen LogP contribution >= 0.6 is 0 Å². The molecule has 1 aliphatic heterocycles. The van der Waals surface area contributed by atoms with Crippen molar-refractivity contribution in [2.24, 2.45) is 0 Å². The van der Waals surface area contributed by atoms with Crippen LogP contribution in [0.15, 0.2) is 11.5 Å². The van der Waals surface area contributed by atoms with E-state index in [1.807, 2.05) is 0 Å². The van der Waals surface area contributed by atoms with Gasteiger partial charge in [0, 0.05) is 5.41 Å². The van der Waals surface area contributed by atoms with Crippen LogP contribution in [0.5, 0.6) is 0 Å². The Morgan fingerprint density at radius 3 is 2.87 bits per heavy atom. The molecule has 0 aromatic rings. The first kappa shape index (κ1) is 11.8. The molecule has 1 rings (SSSR count). The van der Waals surface area contributed by atoms with E-state index in [0.717, 1.165) is 5.41 Å². The number of hydrogen-bond donors (Lipinski definition) is 2. The van der Waals surface area contributed by atoms with E-state index in [9.17, 15) is 13.2 Å². The summed E-state index contributed by atoms with van der Waals surface area (Å²) in [5.74, 6) is 2.00. The maximum atomic E-state index is 11.2. The third kappa shape index (κ3) is 4.14. The fraction of sp³-hybridized carbons (Fsp3) is 0.444. The van der Waals surface area contributed by atoms with Gasteiger partial charge in [0.05, 0.1) is 24.9 Å². The minimum absolute atomic E-state index is 0.0616. The Morgan fingerprint density at radius 2 is 2.33 bits per heavy atom. The molecular formula is C9H12N2O3S. The van der Waals surface area contributed by atoms with Crippen molar-refractivity contribution in [1.82, 2.24) is 10.6 Å². The van der Waals surface area contributed by atoms with Crippen molar-refractivity contribution >= 4 is 15.7 Å². The van der Waals surface area contributed by atoms with E-state index in [2.05, 4.69) is 16.6 Å². The van der Waals surface area contributed by atoms with Crippen molar-refractivity contribution in [1.29, 1.82) is 0 Å². The monoisotopic (exact) mass is 228 g/mol. The zero-order chi connectivity index (χ0) is 11.3. The van der Waals surface area contributed by atoms with E-state index in [-0.39, 0.29) is 18.2 Å². The predicted molar refractivity (Wildman–Crippen MR) is 56.6 cm³/mol. The summed E-state index contributed by atoms with van der Waals surface area (Å²) in [4.78, 5) is 11.2. The van der Waals surface area contributed by atoms with Gasteiger partial charge in [-0.2, -0.15) is 0 Å². The molecule has 1 amide bonds. The van der Waals surface area contributed by atoms with Crippen LogP contribution in [-0.2, 0) is 14.6 Å². The lowest BCUT2D eigenvalue weighted by Gasteiger charge is -2.09. The molecule has 0 fully saturated rings. The van der Waals surface area contributed by atoms with Crippen LogP contribution in [0.25, 0.3) is 0 Å². The summed E-state index contributed by atoms with van der Waals surface area (Å²) in [6, 6.07) is -0.421. The maximum Gasteiger partial charge on any atom is 0.234 e. The molecule has 15 heavy (non-hydrogen) atoms. The number of hydrogen-bond acceptors (Lipinski definition) is 4. The summed E-state index contributed by atoms with van der Waals surface area (Å²) in [7, 11) is -3.11. The molecule has 5 nitrogen and oxygen atoms in total. The number of terminal acetylenes is 1. The Morgan fingerprint density at radius 1 is 1.60 bits per heavy atom. The van der Waals surface area contributed by atoms with Gasteiger partial charge in [-0.1, -0.05) is 5.92 Å². The highest BCUT2D eigenvalue weighted by Gasteiger charge is 2.22. The van der Waals surface area contributed by atoms with Crippen molar-refractivity contribution in [2.75, 3.05) is 18.8 Å². The molecule has 0 aromatic heterocycles. The van der Waals surface area contributed by atoms with Crippen LogP contribution < -0.4 is 10.6 Å². The van der Waals surface area contributed by atoms with Crippen molar-refractivity contribution in [2.45, 2.75) is 6.04 Å². The first-order valence-corrected chi connectivity index (χ1v) is 6.09. The predicted octanol–water partition coefficient (Wildman–Crippen LogP) is -1.36. The van der Waals surface area contributed by atoms with Gasteiger partial charge in [-0.25, -0.2) is 8.42 Å². The largest absolute Gasteiger partial charge is 0.348 e. The summed E-state index contributed by atoms with van der Waals surface area (Å²) in [6.07, 6.45) is 6.45. The number of carbonyl (C=O) groups is 1. The summed E-state index contributed by atoms with van der Waals surface area (Å²) in [5.41, 5.74) is 0. The fourth-order valence-corrected chi connectivity index (χ4v) is 2.41. The SMILES string of the molecule is C#CCNCC(=O)NC1C=CS(=O)(=O)C1. The van der Waals surface area contributed by atoms with Gasteiger partial charge in [0.2, 0.25) is 5.91 Å². The van der Waals surface area contributed by atoms with Gasteiger partial charge >= 0.3 is 0 Å². The first-order valence-electron chi connectivity index (χ1n) is 4.38. The average molecular weight is 228 g/mol. The van der Waals surface area contributed by atoms with Gasteiger partial charge in [-0.15, -0.1) is 6.42 Å². The van der Waals surface area contributed by atoms with Gasteiger partial charge in [-0.05, 0) is 6.08 Å². The van der Waals surface area contributed by atoms with E-state index >= 15 is 0 Å². The Balaban J connectivity index is 2.29. The van der Waals surface area contributed by atoms with Crippen LogP contribution in [0.3, 0.4) is 0 Å². The fourth-order valence-electron chi connectivity index (χ4n) is 1.17. The molecule has 1 atom stereocenters. The van der Waals surface area contributed by atoms with E-state index in [0.29, 0.717) is 6.54 Å². The minimum Gasteiger partial charge on any atom is -0.348 e. The maximum absolute atomic E-state index is 11.2. The zero-order valence-corrected chi connectivity index (χ0v) is 8.88. The van der Waals surface area contributed by atoms with Gasteiger partial charge in [-0.3, -0.25) is 10.1 Å². The van der Waals surface area contributed by atoms with Crippen LogP contribution in [0.4, 0.5) is 0 Å². The van der Waals surface area contributed by atoms with Crippen molar-refractivity contribution in [3.63, 3.8) is 0 Å². The highest BCUT2D eigenvalue weighted by molar-refractivity contribution is 7.94. The molecule has 1 aliphatic rings. The molecule has 0 aromatic carbocycles. The molecule has 0 saturated carbocycles. The molecule has 6 heteroatoms. The lowest BCUT2D eigenvalue weighted by molar-refractivity contribution is -0.120. The van der Waals surface area contributed by atoms with Gasteiger partial charge in [0.25, 0.3) is 0 Å². The normalized spacial score (nSPS) is 22.2. The Hall–Kier alpha value is -1.32. The molecule has 0 aliphatic carbocycles. The Bertz CT molecular complexity index is 406. The number of carbonyl (C=O) groups excluding carboxylic acids is 1. The lowest BCUT2D eigenvalue weighted by Crippen LogP contribution is -2.40. The highest BCUT2D eigenvalue weighted by atomic mass is 32.2. The first-order chi connectivity index (χ1) is 7.03. The van der Waals surface area contributed by atoms with E-state index in [1.54, 1.807) is 0 Å². The summed E-state index contributed by atoms with van der Waals surface area (Å²) in [6.45, 7) is 0.404. The molecular weight excluding hydrogens is 216 g/mol. The molecule has 0 bridgehead atoms. The highest BCUT2D eigenvalue weighted by Crippen LogP contribution is 2.07. The van der Waals surface area contributed by atoms with Gasteiger partial charge in [0.1, 0.15) is 0 Å². The third-order valence-corrected chi connectivity index (χ3v) is 3.18. The van der Waals surface area contributed by atoms with Crippen molar-refractivity contribution in [3.05, 3.63) is 11.5 Å². The molecule has 2 N–H and O–H groups in total. The smallest absolute Gasteiger partial charge is 0.234 e. The molecule has 1 heterocycles. The average Bonchev–Trinajstić information content (AvgIpc) is 2.46. The number of nitrogens with one attached hydrogen (secondary N) is 2. The van der Waals surface area contributed by atoms with Crippen molar-refractivity contribution < 1.29 is 13.2 Å². The van der Waals surface area contributed by atoms with E-state index in [4.69, 9.17) is 6.42 Å².